The van der Waals surface area contributed by atoms with Crippen molar-refractivity contribution in [2.45, 2.75) is 20.8 Å². The molecule has 0 heterocycles. The quantitative estimate of drug-likeness (QED) is 0.362. The van der Waals surface area contributed by atoms with E-state index in [9.17, 15) is 14.0 Å². The second-order valence-corrected chi connectivity index (χ2v) is 5.79. The second-order valence-electron chi connectivity index (χ2n) is 5.79. The molecule has 0 saturated carbocycles. The summed E-state index contributed by atoms with van der Waals surface area (Å²) in [7, 11) is 2.99. The third kappa shape index (κ3) is 6.44. The zero-order valence-electron chi connectivity index (χ0n) is 17.8. The maximum absolute atomic E-state index is 13.4. The lowest BCUT2D eigenvalue weighted by Crippen LogP contribution is -2.20. The monoisotopic (exact) mass is 414 g/mol. The zero-order chi connectivity index (χ0) is 22.7. The molecule has 0 aliphatic rings. The Morgan fingerprint density at radius 3 is 2.30 bits per heavy atom. The standard InChI is InChI=1S/C20H21FN4O3.C2H6/c1-13(26)14-6-5-7-15(10-14)23-20(27)24-16-8-9-19(28-4)17(11-16)18(12-21)25(3)22-2;1-2/h5-12H,2H2,1,3-4H3,(H2,23,24,27);1-2H3/b18-12+;. The minimum absolute atomic E-state index is 0.102. The highest BCUT2D eigenvalue weighted by atomic mass is 19.1. The summed E-state index contributed by atoms with van der Waals surface area (Å²) >= 11 is 0. The lowest BCUT2D eigenvalue weighted by atomic mass is 10.1. The molecule has 7 nitrogen and oxygen atoms in total. The normalized spacial score (nSPS) is 10.3. The van der Waals surface area contributed by atoms with E-state index in [0.29, 0.717) is 34.6 Å². The van der Waals surface area contributed by atoms with E-state index in [1.54, 1.807) is 42.5 Å². The van der Waals surface area contributed by atoms with Gasteiger partial charge < -0.3 is 15.4 Å². The number of halogens is 1. The number of hydrogen-bond acceptors (Lipinski definition) is 5. The first kappa shape index (κ1) is 24.4. The SMILES string of the molecule is C=NN(C)/C(=C/F)c1cc(NC(=O)Nc2cccc(C(C)=O)c2)ccc1OC.CC. The van der Waals surface area contributed by atoms with Gasteiger partial charge in [0.05, 0.1) is 12.8 Å². The predicted molar refractivity (Wildman–Crippen MR) is 120 cm³/mol. The first-order chi connectivity index (χ1) is 14.4. The molecule has 0 unspecified atom stereocenters. The number of carbonyl (C=O) groups is 2. The lowest BCUT2D eigenvalue weighted by molar-refractivity contribution is 0.101. The van der Waals surface area contributed by atoms with Gasteiger partial charge in [0.15, 0.2) is 5.78 Å². The fourth-order valence-corrected chi connectivity index (χ4v) is 2.48. The van der Waals surface area contributed by atoms with Crippen LogP contribution in [0.4, 0.5) is 20.6 Å². The summed E-state index contributed by atoms with van der Waals surface area (Å²) < 4.78 is 18.7. The number of urea groups is 1. The maximum atomic E-state index is 13.4. The Bertz CT molecular complexity index is 928. The van der Waals surface area contributed by atoms with E-state index in [-0.39, 0.29) is 11.5 Å². The average Bonchev–Trinajstić information content (AvgIpc) is 2.75. The zero-order valence-corrected chi connectivity index (χ0v) is 17.8. The van der Waals surface area contributed by atoms with Gasteiger partial charge in [-0.3, -0.25) is 9.80 Å². The van der Waals surface area contributed by atoms with Crippen LogP contribution >= 0.6 is 0 Å². The molecule has 30 heavy (non-hydrogen) atoms. The van der Waals surface area contributed by atoms with Crippen molar-refractivity contribution in [3.8, 4) is 5.75 Å². The molecule has 0 aliphatic heterocycles. The molecule has 0 atom stereocenters. The van der Waals surface area contributed by atoms with Crippen molar-refractivity contribution in [3.63, 3.8) is 0 Å². The smallest absolute Gasteiger partial charge is 0.323 e. The van der Waals surface area contributed by atoms with Crippen LogP contribution in [0.25, 0.3) is 5.70 Å². The number of hydrogen-bond donors (Lipinski definition) is 2. The van der Waals surface area contributed by atoms with E-state index in [4.69, 9.17) is 4.74 Å². The third-order valence-corrected chi connectivity index (χ3v) is 3.92. The first-order valence-electron chi connectivity index (χ1n) is 9.27. The van der Waals surface area contributed by atoms with Crippen LogP contribution in [0.2, 0.25) is 0 Å². The van der Waals surface area contributed by atoms with Gasteiger partial charge in [-0.25, -0.2) is 9.18 Å². The maximum Gasteiger partial charge on any atom is 0.323 e. The van der Waals surface area contributed by atoms with Gasteiger partial charge in [0.2, 0.25) is 0 Å². The first-order valence-corrected chi connectivity index (χ1v) is 9.27. The Labute approximate surface area is 176 Å². The number of hydrazone groups is 1. The average molecular weight is 414 g/mol. The molecule has 2 rings (SSSR count). The largest absolute Gasteiger partial charge is 0.496 e. The number of nitrogens with zero attached hydrogens (tertiary/aromatic N) is 2. The number of rotatable bonds is 7. The molecule has 0 aromatic heterocycles. The van der Waals surface area contributed by atoms with Crippen LogP contribution in [-0.4, -0.2) is 37.7 Å². The number of ether oxygens (including phenoxy) is 1. The Hall–Kier alpha value is -3.68. The predicted octanol–water partition coefficient (Wildman–Crippen LogP) is 5.38. The van der Waals surface area contributed by atoms with Crippen LogP contribution in [0.5, 0.6) is 5.75 Å². The minimum Gasteiger partial charge on any atom is -0.496 e. The van der Waals surface area contributed by atoms with Crippen molar-refractivity contribution >= 4 is 35.6 Å². The lowest BCUT2D eigenvalue weighted by Gasteiger charge is -2.19. The van der Waals surface area contributed by atoms with Crippen LogP contribution in [0, 0.1) is 0 Å². The van der Waals surface area contributed by atoms with E-state index in [0.717, 1.165) is 0 Å². The molecule has 2 amide bonds. The van der Waals surface area contributed by atoms with Crippen LogP contribution in [0.15, 0.2) is 53.9 Å². The second kappa shape index (κ2) is 12.0. The van der Waals surface area contributed by atoms with Gasteiger partial charge in [0.25, 0.3) is 0 Å². The molecule has 0 bridgehead atoms. The van der Waals surface area contributed by atoms with E-state index >= 15 is 0 Å². The molecular formula is C22H27FN4O3. The third-order valence-electron chi connectivity index (χ3n) is 3.92. The number of anilines is 2. The van der Waals surface area contributed by atoms with Gasteiger partial charge in [0, 0.05) is 36.3 Å². The summed E-state index contributed by atoms with van der Waals surface area (Å²) in [6, 6.07) is 10.8. The van der Waals surface area contributed by atoms with Crippen LogP contribution in [0.3, 0.4) is 0 Å². The number of Topliss-reactive ketones (excluding diaryl/α,β-unsaturated/α-hetero) is 1. The van der Waals surface area contributed by atoms with Crippen molar-refractivity contribution in [1.82, 2.24) is 5.01 Å². The Balaban J connectivity index is 0.00000218. The minimum atomic E-state index is -0.516. The van der Waals surface area contributed by atoms with E-state index in [2.05, 4.69) is 22.5 Å². The van der Waals surface area contributed by atoms with Crippen LogP contribution in [-0.2, 0) is 0 Å². The Morgan fingerprint density at radius 1 is 1.13 bits per heavy atom. The van der Waals surface area contributed by atoms with E-state index in [1.807, 2.05) is 13.8 Å². The Morgan fingerprint density at radius 2 is 1.77 bits per heavy atom. The molecule has 2 N–H and O–H groups in total. The number of nitrogens with one attached hydrogen (secondary N) is 2. The summed E-state index contributed by atoms with van der Waals surface area (Å²) in [6.45, 7) is 8.82. The van der Waals surface area contributed by atoms with Crippen molar-refractivity contribution in [1.29, 1.82) is 0 Å². The molecule has 2 aromatic carbocycles. The van der Waals surface area contributed by atoms with Crippen molar-refractivity contribution in [2.24, 2.45) is 5.10 Å². The highest BCUT2D eigenvalue weighted by molar-refractivity contribution is 6.01. The molecule has 0 saturated heterocycles. The molecular weight excluding hydrogens is 387 g/mol. The van der Waals surface area contributed by atoms with Gasteiger partial charge in [-0.2, -0.15) is 5.10 Å². The summed E-state index contributed by atoms with van der Waals surface area (Å²) in [5, 5.41) is 10.2. The fourth-order valence-electron chi connectivity index (χ4n) is 2.48. The van der Waals surface area contributed by atoms with Gasteiger partial charge in [-0.05, 0) is 37.3 Å². The number of amides is 2. The van der Waals surface area contributed by atoms with Crippen molar-refractivity contribution in [2.75, 3.05) is 24.8 Å². The highest BCUT2D eigenvalue weighted by Gasteiger charge is 2.15. The molecule has 8 heteroatoms. The number of methoxy groups -OCH3 is 1. The van der Waals surface area contributed by atoms with Crippen molar-refractivity contribution in [3.05, 3.63) is 59.9 Å². The van der Waals surface area contributed by atoms with Gasteiger partial charge in [-0.15, -0.1) is 0 Å². The fraction of sp³-hybridized carbons (Fsp3) is 0.227. The molecule has 0 radical (unpaired) electrons. The van der Waals surface area contributed by atoms with Crippen LogP contribution in [0.1, 0.15) is 36.7 Å². The van der Waals surface area contributed by atoms with Crippen LogP contribution < -0.4 is 15.4 Å². The highest BCUT2D eigenvalue weighted by Crippen LogP contribution is 2.31. The van der Waals surface area contributed by atoms with E-state index in [1.165, 1.54) is 26.1 Å². The van der Waals surface area contributed by atoms with Gasteiger partial charge in [0.1, 0.15) is 12.1 Å². The molecule has 160 valence electrons. The topological polar surface area (TPSA) is 83.0 Å². The number of ketones is 1. The van der Waals surface area contributed by atoms with Crippen molar-refractivity contribution < 1.29 is 18.7 Å². The molecule has 2 aromatic rings. The summed E-state index contributed by atoms with van der Waals surface area (Å²) in [5.41, 5.74) is 1.87. The Kier molecular flexibility index (Phi) is 9.75. The summed E-state index contributed by atoms with van der Waals surface area (Å²) in [6.07, 6.45) is 0.379. The summed E-state index contributed by atoms with van der Waals surface area (Å²) in [5.74, 6) is 0.300. The molecule has 0 spiro atoms. The van der Waals surface area contributed by atoms with Gasteiger partial charge in [-0.1, -0.05) is 26.0 Å². The summed E-state index contributed by atoms with van der Waals surface area (Å²) in [4.78, 5) is 23.7. The molecule has 0 aliphatic carbocycles. The molecule has 0 fully saturated rings. The number of benzene rings is 2. The van der Waals surface area contributed by atoms with Gasteiger partial charge >= 0.3 is 6.03 Å². The van der Waals surface area contributed by atoms with E-state index < -0.39 is 6.03 Å². The number of carbonyl (C=O) groups excluding carboxylic acids is 2.